The van der Waals surface area contributed by atoms with Gasteiger partial charge in [-0.3, -0.25) is 14.9 Å². The quantitative estimate of drug-likeness (QED) is 0.497. The second kappa shape index (κ2) is 7.09. The number of carbonyl (C=O) groups is 1. The molecule has 7 heteroatoms. The van der Waals surface area contributed by atoms with Gasteiger partial charge in [0.15, 0.2) is 0 Å². The highest BCUT2D eigenvalue weighted by atomic mass is 35.5. The largest absolute Gasteiger partial charge is 0.490 e. The molecule has 0 aliphatic heterocycles. The van der Waals surface area contributed by atoms with E-state index in [4.69, 9.17) is 16.3 Å². The summed E-state index contributed by atoms with van der Waals surface area (Å²) in [6, 6.07) is 4.20. The highest BCUT2D eigenvalue weighted by molar-refractivity contribution is 6.21. The van der Waals surface area contributed by atoms with Gasteiger partial charge >= 0.3 is 5.69 Å². The van der Waals surface area contributed by atoms with Gasteiger partial charge in [-0.05, 0) is 12.0 Å². The lowest BCUT2D eigenvalue weighted by Gasteiger charge is -2.15. The van der Waals surface area contributed by atoms with Gasteiger partial charge in [0.25, 0.3) is 5.91 Å². The Morgan fingerprint density at radius 3 is 2.65 bits per heavy atom. The minimum Gasteiger partial charge on any atom is -0.490 e. The molecule has 1 amide bonds. The number of carbonyl (C=O) groups excluding carboxylic acids is 1. The fourth-order valence-electron chi connectivity index (χ4n) is 1.58. The molecule has 0 radical (unpaired) electrons. The summed E-state index contributed by atoms with van der Waals surface area (Å²) in [5, 5.41) is 13.3. The molecule has 1 atom stereocenters. The van der Waals surface area contributed by atoms with E-state index in [0.717, 1.165) is 0 Å². The summed E-state index contributed by atoms with van der Waals surface area (Å²) < 4.78 is 4.98. The SMILES string of the molecule is COc1c(C(=O)NCC(Cl)C(C)C)cccc1[N+](=O)[O-]. The molecule has 1 aromatic rings. The van der Waals surface area contributed by atoms with E-state index in [1.165, 1.54) is 25.3 Å². The maximum atomic E-state index is 12.1. The molecule has 0 spiro atoms. The molecule has 0 aromatic heterocycles. The molecule has 6 nitrogen and oxygen atoms in total. The van der Waals surface area contributed by atoms with Crippen LogP contribution >= 0.6 is 11.6 Å². The number of para-hydroxylation sites is 1. The van der Waals surface area contributed by atoms with Crippen LogP contribution in [0, 0.1) is 16.0 Å². The van der Waals surface area contributed by atoms with Crippen LogP contribution in [0.4, 0.5) is 5.69 Å². The summed E-state index contributed by atoms with van der Waals surface area (Å²) in [6.45, 7) is 4.17. The molecule has 0 heterocycles. The van der Waals surface area contributed by atoms with Crippen molar-refractivity contribution in [2.75, 3.05) is 13.7 Å². The average Bonchev–Trinajstić information content (AvgIpc) is 2.42. The lowest BCUT2D eigenvalue weighted by atomic mass is 10.1. The van der Waals surface area contributed by atoms with Crippen LogP contribution in [0.3, 0.4) is 0 Å². The van der Waals surface area contributed by atoms with Crippen molar-refractivity contribution in [1.29, 1.82) is 0 Å². The van der Waals surface area contributed by atoms with E-state index in [9.17, 15) is 14.9 Å². The fraction of sp³-hybridized carbons (Fsp3) is 0.462. The lowest BCUT2D eigenvalue weighted by molar-refractivity contribution is -0.385. The van der Waals surface area contributed by atoms with E-state index in [1.807, 2.05) is 13.8 Å². The number of ether oxygens (including phenoxy) is 1. The van der Waals surface area contributed by atoms with E-state index < -0.39 is 10.8 Å². The second-order valence-corrected chi connectivity index (χ2v) is 5.15. The molecule has 0 aliphatic carbocycles. The number of nitro benzene ring substituents is 1. The molecule has 1 rings (SSSR count). The van der Waals surface area contributed by atoms with Crippen molar-refractivity contribution >= 4 is 23.2 Å². The molecule has 1 N–H and O–H groups in total. The molecule has 0 fully saturated rings. The van der Waals surface area contributed by atoms with Gasteiger partial charge in [-0.15, -0.1) is 11.6 Å². The van der Waals surface area contributed by atoms with Crippen molar-refractivity contribution in [1.82, 2.24) is 5.32 Å². The summed E-state index contributed by atoms with van der Waals surface area (Å²) in [6.07, 6.45) is 0. The van der Waals surface area contributed by atoms with Gasteiger partial charge in [0.05, 0.1) is 23.0 Å². The Bertz CT molecular complexity index is 505. The maximum Gasteiger partial charge on any atom is 0.311 e. The zero-order chi connectivity index (χ0) is 15.3. The molecule has 20 heavy (non-hydrogen) atoms. The Hall–Kier alpha value is -1.82. The number of hydrogen-bond acceptors (Lipinski definition) is 4. The van der Waals surface area contributed by atoms with Crippen LogP contribution in [-0.2, 0) is 0 Å². The monoisotopic (exact) mass is 300 g/mol. The summed E-state index contributed by atoms with van der Waals surface area (Å²) in [5.74, 6) is -0.286. The zero-order valence-electron chi connectivity index (χ0n) is 11.6. The van der Waals surface area contributed by atoms with Crippen molar-refractivity contribution in [3.63, 3.8) is 0 Å². The number of halogens is 1. The first-order valence-corrected chi connectivity index (χ1v) is 6.55. The van der Waals surface area contributed by atoms with Gasteiger partial charge < -0.3 is 10.1 Å². The van der Waals surface area contributed by atoms with Crippen molar-refractivity contribution in [2.45, 2.75) is 19.2 Å². The van der Waals surface area contributed by atoms with Gasteiger partial charge in [0, 0.05) is 12.6 Å². The van der Waals surface area contributed by atoms with E-state index in [0.29, 0.717) is 0 Å². The summed E-state index contributed by atoms with van der Waals surface area (Å²) in [5.41, 5.74) is -0.124. The van der Waals surface area contributed by atoms with E-state index in [1.54, 1.807) is 0 Å². The Labute approximate surface area is 122 Å². The molecule has 1 aromatic carbocycles. The molecular formula is C13H17ClN2O4. The molecule has 0 saturated carbocycles. The number of methoxy groups -OCH3 is 1. The predicted molar refractivity (Wildman–Crippen MR) is 76.5 cm³/mol. The number of nitrogens with one attached hydrogen (secondary N) is 1. The van der Waals surface area contributed by atoms with Gasteiger partial charge in [-0.1, -0.05) is 19.9 Å². The molecule has 0 aliphatic rings. The summed E-state index contributed by atoms with van der Waals surface area (Å²) in [7, 11) is 1.29. The highest BCUT2D eigenvalue weighted by Gasteiger charge is 2.23. The smallest absolute Gasteiger partial charge is 0.311 e. The van der Waals surface area contributed by atoms with Crippen LogP contribution in [-0.4, -0.2) is 29.9 Å². The van der Waals surface area contributed by atoms with Crippen molar-refractivity contribution in [2.24, 2.45) is 5.92 Å². The zero-order valence-corrected chi connectivity index (χ0v) is 12.3. The van der Waals surface area contributed by atoms with Gasteiger partial charge in [-0.2, -0.15) is 0 Å². The first-order chi connectivity index (χ1) is 9.38. The van der Waals surface area contributed by atoms with Crippen molar-refractivity contribution in [3.05, 3.63) is 33.9 Å². The second-order valence-electron chi connectivity index (χ2n) is 4.59. The Morgan fingerprint density at radius 2 is 2.15 bits per heavy atom. The molecule has 0 bridgehead atoms. The van der Waals surface area contributed by atoms with E-state index in [2.05, 4.69) is 5.32 Å². The number of benzene rings is 1. The van der Waals surface area contributed by atoms with Crippen LogP contribution in [0.2, 0.25) is 0 Å². The number of hydrogen-bond donors (Lipinski definition) is 1. The van der Waals surface area contributed by atoms with Crippen LogP contribution < -0.4 is 10.1 Å². The third-order valence-electron chi connectivity index (χ3n) is 2.82. The third kappa shape index (κ3) is 3.84. The normalized spacial score (nSPS) is 12.1. The Morgan fingerprint density at radius 1 is 1.50 bits per heavy atom. The van der Waals surface area contributed by atoms with Gasteiger partial charge in [0.1, 0.15) is 0 Å². The Balaban J connectivity index is 2.93. The minimum absolute atomic E-state index is 0.0503. The van der Waals surface area contributed by atoms with Crippen LogP contribution in [0.5, 0.6) is 5.75 Å². The molecule has 0 saturated heterocycles. The standard InChI is InChI=1S/C13H17ClN2O4/c1-8(2)10(14)7-15-13(17)9-5-4-6-11(16(18)19)12(9)20-3/h4-6,8,10H,7H2,1-3H3,(H,15,17). The van der Waals surface area contributed by atoms with Crippen LogP contribution in [0.1, 0.15) is 24.2 Å². The number of amides is 1. The maximum absolute atomic E-state index is 12.1. The van der Waals surface area contributed by atoms with Crippen molar-refractivity contribution in [3.8, 4) is 5.75 Å². The highest BCUT2D eigenvalue weighted by Crippen LogP contribution is 2.30. The first kappa shape index (κ1) is 16.2. The van der Waals surface area contributed by atoms with E-state index in [-0.39, 0.29) is 34.8 Å². The third-order valence-corrected chi connectivity index (χ3v) is 3.48. The summed E-state index contributed by atoms with van der Waals surface area (Å²) >= 11 is 6.05. The number of alkyl halides is 1. The van der Waals surface area contributed by atoms with E-state index >= 15 is 0 Å². The lowest BCUT2D eigenvalue weighted by Crippen LogP contribution is -2.32. The Kier molecular flexibility index (Phi) is 5.76. The van der Waals surface area contributed by atoms with Crippen molar-refractivity contribution < 1.29 is 14.5 Å². The number of rotatable bonds is 6. The topological polar surface area (TPSA) is 81.5 Å². The van der Waals surface area contributed by atoms with Gasteiger partial charge in [-0.25, -0.2) is 0 Å². The number of nitrogens with zero attached hydrogens (tertiary/aromatic N) is 1. The minimum atomic E-state index is -0.589. The molecular weight excluding hydrogens is 284 g/mol. The first-order valence-electron chi connectivity index (χ1n) is 6.12. The molecule has 1 unspecified atom stereocenters. The molecule has 110 valence electrons. The predicted octanol–water partition coefficient (Wildman–Crippen LogP) is 2.60. The van der Waals surface area contributed by atoms with Gasteiger partial charge in [0.2, 0.25) is 5.75 Å². The fourth-order valence-corrected chi connectivity index (χ4v) is 1.66. The average molecular weight is 301 g/mol. The number of nitro groups is 1. The van der Waals surface area contributed by atoms with Crippen LogP contribution in [0.25, 0.3) is 0 Å². The van der Waals surface area contributed by atoms with Crippen LogP contribution in [0.15, 0.2) is 18.2 Å². The summed E-state index contributed by atoms with van der Waals surface area (Å²) in [4.78, 5) is 22.3.